The number of rotatable bonds is 7. The fraction of sp³-hybridized carbons (Fsp3) is 0.222. The van der Waals surface area contributed by atoms with Crippen LogP contribution < -0.4 is 5.73 Å². The van der Waals surface area contributed by atoms with Crippen LogP contribution in [-0.2, 0) is 6.42 Å². The van der Waals surface area contributed by atoms with Crippen LogP contribution in [-0.4, -0.2) is 5.11 Å². The topological polar surface area (TPSA) is 46.2 Å². The number of allylic oxidation sites excluding steroid dienone is 4. The van der Waals surface area contributed by atoms with Crippen molar-refractivity contribution in [3.8, 4) is 0 Å². The molecule has 1 aromatic rings. The van der Waals surface area contributed by atoms with Gasteiger partial charge in [-0.2, -0.15) is 0 Å². The lowest BCUT2D eigenvalue weighted by atomic mass is 10.0. The Morgan fingerprint density at radius 3 is 2.45 bits per heavy atom. The Kier molecular flexibility index (Phi) is 6.38. The summed E-state index contributed by atoms with van der Waals surface area (Å²) < 4.78 is 0. The van der Waals surface area contributed by atoms with Gasteiger partial charge in [0.2, 0.25) is 0 Å². The maximum Gasteiger partial charge on any atom is 0.115 e. The van der Waals surface area contributed by atoms with Gasteiger partial charge in [0.15, 0.2) is 0 Å². The largest absolute Gasteiger partial charge is 0.508 e. The van der Waals surface area contributed by atoms with Crippen LogP contribution in [0.1, 0.15) is 30.9 Å². The number of aliphatic hydroxyl groups excluding tert-OH is 1. The van der Waals surface area contributed by atoms with Gasteiger partial charge in [-0.05, 0) is 43.4 Å². The summed E-state index contributed by atoms with van der Waals surface area (Å²) in [4.78, 5) is 0. The van der Waals surface area contributed by atoms with E-state index >= 15 is 0 Å². The molecule has 0 aromatic heterocycles. The molecule has 0 aliphatic carbocycles. The number of nitrogens with two attached hydrogens (primary N) is 1. The van der Waals surface area contributed by atoms with Crippen LogP contribution in [0.4, 0.5) is 0 Å². The first-order valence-corrected chi connectivity index (χ1v) is 6.78. The summed E-state index contributed by atoms with van der Waals surface area (Å²) in [5.41, 5.74) is 9.63. The maximum atomic E-state index is 9.26. The SMILES string of the molecule is C=C(CCCc1ccc(C(=C)O)cc1)/C(N)=C\C=C/C. The van der Waals surface area contributed by atoms with Gasteiger partial charge in [-0.15, -0.1) is 0 Å². The van der Waals surface area contributed by atoms with Crippen LogP contribution in [0, 0.1) is 0 Å². The molecular formula is C18H23NO. The third-order valence-electron chi connectivity index (χ3n) is 3.11. The molecular weight excluding hydrogens is 246 g/mol. The fourth-order valence-corrected chi connectivity index (χ4v) is 1.83. The molecule has 1 rings (SSSR count). The second kappa shape index (κ2) is 8.05. The molecule has 0 atom stereocenters. The van der Waals surface area contributed by atoms with E-state index in [0.717, 1.165) is 36.1 Å². The minimum absolute atomic E-state index is 0.104. The van der Waals surface area contributed by atoms with Gasteiger partial charge in [0.05, 0.1) is 0 Å². The lowest BCUT2D eigenvalue weighted by Gasteiger charge is -2.06. The molecule has 0 radical (unpaired) electrons. The van der Waals surface area contributed by atoms with Gasteiger partial charge in [-0.25, -0.2) is 0 Å². The number of hydrogen-bond acceptors (Lipinski definition) is 2. The highest BCUT2D eigenvalue weighted by molar-refractivity contribution is 5.55. The molecule has 3 N–H and O–H groups in total. The first-order chi connectivity index (χ1) is 9.54. The molecule has 0 aliphatic heterocycles. The van der Waals surface area contributed by atoms with Gasteiger partial charge in [-0.3, -0.25) is 0 Å². The molecule has 0 saturated carbocycles. The maximum absolute atomic E-state index is 9.26. The predicted octanol–water partition coefficient (Wildman–Crippen LogP) is 4.51. The van der Waals surface area contributed by atoms with Gasteiger partial charge in [0, 0.05) is 11.3 Å². The second-order valence-electron chi connectivity index (χ2n) is 4.75. The molecule has 20 heavy (non-hydrogen) atoms. The van der Waals surface area contributed by atoms with Crippen molar-refractivity contribution in [2.45, 2.75) is 26.2 Å². The standard InChI is InChI=1S/C18H23NO/c1-4-5-9-18(19)14(2)7-6-8-16-10-12-17(13-11-16)15(3)20/h4-5,9-13,20H,2-3,6-8,19H2,1H3/b5-4-,18-9+. The van der Waals surface area contributed by atoms with Gasteiger partial charge >= 0.3 is 0 Å². The summed E-state index contributed by atoms with van der Waals surface area (Å²) in [6.45, 7) is 9.46. The Bertz CT molecular complexity index is 521. The van der Waals surface area contributed by atoms with E-state index in [4.69, 9.17) is 5.73 Å². The number of benzene rings is 1. The molecule has 0 heterocycles. The zero-order valence-electron chi connectivity index (χ0n) is 12.1. The molecule has 0 spiro atoms. The van der Waals surface area contributed by atoms with E-state index in [2.05, 4.69) is 13.2 Å². The molecule has 0 aliphatic rings. The van der Waals surface area contributed by atoms with E-state index in [1.54, 1.807) is 0 Å². The predicted molar refractivity (Wildman–Crippen MR) is 87.3 cm³/mol. The average Bonchev–Trinajstić information content (AvgIpc) is 2.45. The van der Waals surface area contributed by atoms with Gasteiger partial charge in [0.1, 0.15) is 5.76 Å². The van der Waals surface area contributed by atoms with Crippen molar-refractivity contribution in [1.29, 1.82) is 0 Å². The Morgan fingerprint density at radius 2 is 1.90 bits per heavy atom. The zero-order valence-corrected chi connectivity index (χ0v) is 12.1. The summed E-state index contributed by atoms with van der Waals surface area (Å²) in [5, 5.41) is 9.26. The van der Waals surface area contributed by atoms with Crippen molar-refractivity contribution in [3.05, 3.63) is 78.0 Å². The number of aryl methyl sites for hydroxylation is 1. The molecule has 0 bridgehead atoms. The third kappa shape index (κ3) is 5.19. The van der Waals surface area contributed by atoms with Crippen molar-refractivity contribution in [3.63, 3.8) is 0 Å². The van der Waals surface area contributed by atoms with Crippen LogP contribution in [0.5, 0.6) is 0 Å². The third-order valence-corrected chi connectivity index (χ3v) is 3.11. The molecule has 106 valence electrons. The van der Waals surface area contributed by atoms with Crippen LogP contribution in [0.2, 0.25) is 0 Å². The Balaban J connectivity index is 2.44. The summed E-state index contributed by atoms with van der Waals surface area (Å²) in [6.07, 6.45) is 8.59. The van der Waals surface area contributed by atoms with Crippen LogP contribution in [0.15, 0.2) is 66.9 Å². The van der Waals surface area contributed by atoms with Crippen LogP contribution in [0.3, 0.4) is 0 Å². The number of aliphatic hydroxyl groups is 1. The molecule has 0 saturated heterocycles. The smallest absolute Gasteiger partial charge is 0.115 e. The summed E-state index contributed by atoms with van der Waals surface area (Å²) in [5.74, 6) is 0.104. The molecule has 1 aromatic carbocycles. The van der Waals surface area contributed by atoms with E-state index in [1.165, 1.54) is 5.56 Å². The van der Waals surface area contributed by atoms with Crippen molar-refractivity contribution in [2.75, 3.05) is 0 Å². The van der Waals surface area contributed by atoms with Gasteiger partial charge in [0.25, 0.3) is 0 Å². The van der Waals surface area contributed by atoms with E-state index in [9.17, 15) is 5.11 Å². The Labute approximate surface area is 121 Å². The zero-order chi connectivity index (χ0) is 15.0. The van der Waals surface area contributed by atoms with Crippen LogP contribution >= 0.6 is 0 Å². The first-order valence-electron chi connectivity index (χ1n) is 6.78. The lowest BCUT2D eigenvalue weighted by Crippen LogP contribution is -2.00. The van der Waals surface area contributed by atoms with Crippen molar-refractivity contribution in [1.82, 2.24) is 0 Å². The fourth-order valence-electron chi connectivity index (χ4n) is 1.83. The molecule has 0 fully saturated rings. The van der Waals surface area contributed by atoms with E-state index in [-0.39, 0.29) is 5.76 Å². The highest BCUT2D eigenvalue weighted by Crippen LogP contribution is 2.15. The van der Waals surface area contributed by atoms with Crippen molar-refractivity contribution in [2.24, 2.45) is 5.73 Å². The van der Waals surface area contributed by atoms with Crippen molar-refractivity contribution < 1.29 is 5.11 Å². The molecule has 0 unspecified atom stereocenters. The highest BCUT2D eigenvalue weighted by atomic mass is 16.3. The second-order valence-corrected chi connectivity index (χ2v) is 4.75. The molecule has 0 amide bonds. The van der Waals surface area contributed by atoms with Crippen LogP contribution in [0.25, 0.3) is 5.76 Å². The van der Waals surface area contributed by atoms with Crippen molar-refractivity contribution >= 4 is 5.76 Å². The van der Waals surface area contributed by atoms with Gasteiger partial charge in [-0.1, -0.05) is 49.6 Å². The Morgan fingerprint density at radius 1 is 1.25 bits per heavy atom. The Hall–Kier alpha value is -2.22. The summed E-state index contributed by atoms with van der Waals surface area (Å²) in [7, 11) is 0. The van der Waals surface area contributed by atoms with E-state index in [1.807, 2.05) is 49.4 Å². The molecule has 2 nitrogen and oxygen atoms in total. The molecule has 2 heteroatoms. The monoisotopic (exact) mass is 269 g/mol. The highest BCUT2D eigenvalue weighted by Gasteiger charge is 2.00. The summed E-state index contributed by atoms with van der Waals surface area (Å²) in [6, 6.07) is 7.79. The van der Waals surface area contributed by atoms with E-state index < -0.39 is 0 Å². The first kappa shape index (κ1) is 15.8. The lowest BCUT2D eigenvalue weighted by molar-refractivity contribution is 0.514. The normalized spacial score (nSPS) is 11.8. The van der Waals surface area contributed by atoms with E-state index in [0.29, 0.717) is 0 Å². The quantitative estimate of drug-likeness (QED) is 0.565. The average molecular weight is 269 g/mol. The minimum atomic E-state index is 0.104. The van der Waals surface area contributed by atoms with Gasteiger partial charge < -0.3 is 10.8 Å². The number of hydrogen-bond donors (Lipinski definition) is 2. The summed E-state index contributed by atoms with van der Waals surface area (Å²) >= 11 is 0. The minimum Gasteiger partial charge on any atom is -0.508 e.